The maximum Gasteiger partial charge on any atom is 0.303 e. The quantitative estimate of drug-likeness (QED) is 0.831. The zero-order valence-electron chi connectivity index (χ0n) is 11.4. The highest BCUT2D eigenvalue weighted by Crippen LogP contribution is 2.34. The third kappa shape index (κ3) is 4.74. The molecule has 5 heteroatoms. The first-order valence-corrected chi connectivity index (χ1v) is 6.89. The van der Waals surface area contributed by atoms with Gasteiger partial charge >= 0.3 is 5.97 Å². The first-order chi connectivity index (χ1) is 8.97. The third-order valence-corrected chi connectivity index (χ3v) is 3.72. The van der Waals surface area contributed by atoms with E-state index < -0.39 is 5.97 Å². The van der Waals surface area contributed by atoms with Crippen LogP contribution < -0.4 is 9.47 Å². The number of carboxylic acids is 1. The fourth-order valence-electron chi connectivity index (χ4n) is 1.89. The second kappa shape index (κ2) is 7.38. The van der Waals surface area contributed by atoms with Crippen LogP contribution in [-0.4, -0.2) is 25.3 Å². The average Bonchev–Trinajstić information content (AvgIpc) is 2.36. The van der Waals surface area contributed by atoms with Crippen LogP contribution >= 0.6 is 15.9 Å². The number of hydrogen-bond donors (Lipinski definition) is 1. The Morgan fingerprint density at radius 3 is 2.42 bits per heavy atom. The summed E-state index contributed by atoms with van der Waals surface area (Å²) in [6.45, 7) is 1.95. The van der Waals surface area contributed by atoms with Crippen LogP contribution in [0.3, 0.4) is 0 Å². The van der Waals surface area contributed by atoms with Gasteiger partial charge in [-0.2, -0.15) is 0 Å². The van der Waals surface area contributed by atoms with E-state index in [0.717, 1.165) is 22.9 Å². The lowest BCUT2D eigenvalue weighted by atomic mass is 9.98. The maximum absolute atomic E-state index is 10.6. The zero-order valence-corrected chi connectivity index (χ0v) is 13.0. The molecule has 0 saturated heterocycles. The molecule has 1 N–H and O–H groups in total. The van der Waals surface area contributed by atoms with Gasteiger partial charge in [-0.25, -0.2) is 0 Å². The fourth-order valence-corrected chi connectivity index (χ4v) is 2.41. The summed E-state index contributed by atoms with van der Waals surface area (Å²) >= 11 is 3.50. The van der Waals surface area contributed by atoms with E-state index in [1.807, 2.05) is 19.1 Å². The molecule has 0 radical (unpaired) electrons. The summed E-state index contributed by atoms with van der Waals surface area (Å²) in [6, 6.07) is 3.80. The lowest BCUT2D eigenvalue weighted by Gasteiger charge is -2.13. The van der Waals surface area contributed by atoms with Gasteiger partial charge in [-0.3, -0.25) is 4.79 Å². The second-order valence-corrected chi connectivity index (χ2v) is 5.39. The van der Waals surface area contributed by atoms with Crippen LogP contribution in [0.1, 0.15) is 25.3 Å². The summed E-state index contributed by atoms with van der Waals surface area (Å²) in [5.74, 6) is 0.764. The Morgan fingerprint density at radius 1 is 1.32 bits per heavy atom. The Hall–Kier alpha value is -1.23. The van der Waals surface area contributed by atoms with Crippen molar-refractivity contribution in [3.8, 4) is 11.5 Å². The molecule has 0 saturated carbocycles. The van der Waals surface area contributed by atoms with Crippen molar-refractivity contribution < 1.29 is 19.4 Å². The van der Waals surface area contributed by atoms with Gasteiger partial charge in [0.2, 0.25) is 0 Å². The van der Waals surface area contributed by atoms with E-state index in [4.69, 9.17) is 14.6 Å². The first-order valence-electron chi connectivity index (χ1n) is 6.10. The number of benzene rings is 1. The standard InChI is InChI=1S/C14H19BrO4/c1-9(6-14(16)17)4-5-10-7-12(18-2)13(19-3)8-11(10)15/h7-9H,4-6H2,1-3H3,(H,16,17). The van der Waals surface area contributed by atoms with Gasteiger partial charge < -0.3 is 14.6 Å². The van der Waals surface area contributed by atoms with Gasteiger partial charge in [0.25, 0.3) is 0 Å². The van der Waals surface area contributed by atoms with E-state index in [9.17, 15) is 4.79 Å². The van der Waals surface area contributed by atoms with Crippen molar-refractivity contribution in [1.82, 2.24) is 0 Å². The Balaban J connectivity index is 2.75. The number of methoxy groups -OCH3 is 2. The van der Waals surface area contributed by atoms with Crippen molar-refractivity contribution in [2.45, 2.75) is 26.2 Å². The minimum Gasteiger partial charge on any atom is -0.493 e. The van der Waals surface area contributed by atoms with Gasteiger partial charge in [-0.15, -0.1) is 0 Å². The van der Waals surface area contributed by atoms with Crippen LogP contribution in [0.15, 0.2) is 16.6 Å². The van der Waals surface area contributed by atoms with Crippen LogP contribution in [0, 0.1) is 5.92 Å². The van der Waals surface area contributed by atoms with Gasteiger partial charge in [0.15, 0.2) is 11.5 Å². The van der Waals surface area contributed by atoms with Crippen LogP contribution in [-0.2, 0) is 11.2 Å². The number of aryl methyl sites for hydroxylation is 1. The number of hydrogen-bond acceptors (Lipinski definition) is 3. The Bertz CT molecular complexity index is 445. The molecule has 106 valence electrons. The fraction of sp³-hybridized carbons (Fsp3) is 0.500. The van der Waals surface area contributed by atoms with E-state index in [0.29, 0.717) is 11.5 Å². The topological polar surface area (TPSA) is 55.8 Å². The van der Waals surface area contributed by atoms with E-state index in [1.54, 1.807) is 14.2 Å². The second-order valence-electron chi connectivity index (χ2n) is 4.54. The van der Waals surface area contributed by atoms with Gasteiger partial charge in [0.05, 0.1) is 14.2 Å². The third-order valence-electron chi connectivity index (χ3n) is 2.98. The van der Waals surface area contributed by atoms with E-state index in [1.165, 1.54) is 0 Å². The molecule has 0 fully saturated rings. The normalized spacial score (nSPS) is 12.0. The Kier molecular flexibility index (Phi) is 6.15. The number of carboxylic acid groups (broad SMARTS) is 1. The van der Waals surface area contributed by atoms with Gasteiger partial charge in [-0.05, 0) is 36.5 Å². The maximum atomic E-state index is 10.6. The predicted octanol–water partition coefficient (Wildman–Crippen LogP) is 3.51. The number of aliphatic carboxylic acids is 1. The van der Waals surface area contributed by atoms with E-state index in [2.05, 4.69) is 15.9 Å². The van der Waals surface area contributed by atoms with Gasteiger partial charge in [-0.1, -0.05) is 22.9 Å². The SMILES string of the molecule is COc1cc(Br)c(CCC(C)CC(=O)O)cc1OC. The molecule has 0 amide bonds. The van der Waals surface area contributed by atoms with Crippen molar-refractivity contribution in [3.05, 3.63) is 22.2 Å². The number of carbonyl (C=O) groups is 1. The molecule has 1 rings (SSSR count). The van der Waals surface area contributed by atoms with E-state index in [-0.39, 0.29) is 12.3 Å². The molecule has 4 nitrogen and oxygen atoms in total. The van der Waals surface area contributed by atoms with Crippen molar-refractivity contribution >= 4 is 21.9 Å². The Morgan fingerprint density at radius 2 is 1.89 bits per heavy atom. The number of ether oxygens (including phenoxy) is 2. The summed E-state index contributed by atoms with van der Waals surface area (Å²) < 4.78 is 11.4. The monoisotopic (exact) mass is 330 g/mol. The first kappa shape index (κ1) is 15.8. The lowest BCUT2D eigenvalue weighted by molar-refractivity contribution is -0.138. The number of rotatable bonds is 7. The van der Waals surface area contributed by atoms with Crippen molar-refractivity contribution in [3.63, 3.8) is 0 Å². The molecule has 0 spiro atoms. The summed E-state index contributed by atoms with van der Waals surface area (Å²) in [5.41, 5.74) is 1.09. The number of halogens is 1. The molecule has 0 aliphatic rings. The predicted molar refractivity (Wildman–Crippen MR) is 77.0 cm³/mol. The minimum atomic E-state index is -0.751. The Labute approximate surface area is 121 Å². The smallest absolute Gasteiger partial charge is 0.303 e. The molecule has 0 aliphatic carbocycles. The van der Waals surface area contributed by atoms with Crippen molar-refractivity contribution in [2.24, 2.45) is 5.92 Å². The molecular formula is C14H19BrO4. The highest BCUT2D eigenvalue weighted by molar-refractivity contribution is 9.10. The molecule has 0 aromatic heterocycles. The highest BCUT2D eigenvalue weighted by atomic mass is 79.9. The largest absolute Gasteiger partial charge is 0.493 e. The van der Waals surface area contributed by atoms with Crippen LogP contribution in [0.25, 0.3) is 0 Å². The molecule has 0 aliphatic heterocycles. The van der Waals surface area contributed by atoms with Gasteiger partial charge in [0.1, 0.15) is 0 Å². The summed E-state index contributed by atoms with van der Waals surface area (Å²) in [4.78, 5) is 10.6. The van der Waals surface area contributed by atoms with E-state index >= 15 is 0 Å². The summed E-state index contributed by atoms with van der Waals surface area (Å²) in [6.07, 6.45) is 1.82. The molecule has 19 heavy (non-hydrogen) atoms. The van der Waals surface area contributed by atoms with Crippen LogP contribution in [0.5, 0.6) is 11.5 Å². The lowest BCUT2D eigenvalue weighted by Crippen LogP contribution is -2.05. The minimum absolute atomic E-state index is 0.150. The zero-order chi connectivity index (χ0) is 14.4. The molecule has 1 aromatic carbocycles. The summed E-state index contributed by atoms with van der Waals surface area (Å²) in [5, 5.41) is 8.74. The molecule has 1 atom stereocenters. The molecular weight excluding hydrogens is 312 g/mol. The van der Waals surface area contributed by atoms with Crippen molar-refractivity contribution in [2.75, 3.05) is 14.2 Å². The molecule has 0 bridgehead atoms. The molecule has 1 unspecified atom stereocenters. The average molecular weight is 331 g/mol. The molecule has 1 aromatic rings. The van der Waals surface area contributed by atoms with Gasteiger partial charge in [0, 0.05) is 10.9 Å². The molecule has 0 heterocycles. The highest BCUT2D eigenvalue weighted by Gasteiger charge is 2.12. The van der Waals surface area contributed by atoms with Crippen molar-refractivity contribution in [1.29, 1.82) is 0 Å². The summed E-state index contributed by atoms with van der Waals surface area (Å²) in [7, 11) is 3.20. The van der Waals surface area contributed by atoms with Crippen LogP contribution in [0.2, 0.25) is 0 Å². The van der Waals surface area contributed by atoms with Crippen LogP contribution in [0.4, 0.5) is 0 Å².